The molecule has 0 saturated heterocycles. The summed E-state index contributed by atoms with van der Waals surface area (Å²) in [6.07, 6.45) is 10.7. The van der Waals surface area contributed by atoms with Gasteiger partial charge in [0.1, 0.15) is 18.8 Å². The maximum atomic E-state index is 6.07. The Kier molecular flexibility index (Phi) is 5.81. The maximum absolute atomic E-state index is 6.07. The Labute approximate surface area is 132 Å². The predicted molar refractivity (Wildman–Crippen MR) is 88.1 cm³/mol. The van der Waals surface area contributed by atoms with E-state index in [4.69, 9.17) is 22.3 Å². The van der Waals surface area contributed by atoms with E-state index < -0.39 is 5.60 Å². The molecule has 0 aliphatic heterocycles. The highest BCUT2D eigenvalue weighted by atomic mass is 16.5. The summed E-state index contributed by atoms with van der Waals surface area (Å²) >= 11 is 0. The van der Waals surface area contributed by atoms with Gasteiger partial charge in [-0.2, -0.15) is 0 Å². The Bertz CT molecular complexity index is 608. The largest absolute Gasteiger partial charge is 0.365 e. The lowest BCUT2D eigenvalue weighted by Gasteiger charge is -2.34. The van der Waals surface area contributed by atoms with E-state index in [1.807, 2.05) is 60.7 Å². The van der Waals surface area contributed by atoms with Gasteiger partial charge in [0.05, 0.1) is 6.61 Å². The van der Waals surface area contributed by atoms with Gasteiger partial charge in [0.25, 0.3) is 0 Å². The van der Waals surface area contributed by atoms with E-state index in [1.54, 1.807) is 0 Å². The van der Waals surface area contributed by atoms with E-state index in [-0.39, 0.29) is 13.2 Å². The van der Waals surface area contributed by atoms with Crippen LogP contribution in [0.25, 0.3) is 0 Å². The molecule has 2 rings (SSSR count). The molecule has 0 bridgehead atoms. The Morgan fingerprint density at radius 3 is 1.73 bits per heavy atom. The molecule has 0 fully saturated rings. The monoisotopic (exact) mass is 290 g/mol. The minimum atomic E-state index is -0.772. The van der Waals surface area contributed by atoms with Gasteiger partial charge in [0, 0.05) is 0 Å². The minimum Gasteiger partial charge on any atom is -0.365 e. The van der Waals surface area contributed by atoms with Gasteiger partial charge in [0.2, 0.25) is 0 Å². The van der Waals surface area contributed by atoms with Crippen LogP contribution in [0.5, 0.6) is 0 Å². The molecule has 0 aliphatic rings. The first-order valence-electron chi connectivity index (χ1n) is 7.03. The average Bonchev–Trinajstić information content (AvgIpc) is 2.60. The van der Waals surface area contributed by atoms with Crippen molar-refractivity contribution < 1.29 is 9.47 Å². The second-order valence-electron chi connectivity index (χ2n) is 4.75. The molecule has 2 aromatic rings. The Hall–Kier alpha value is -2.52. The first kappa shape index (κ1) is 15.9. The van der Waals surface area contributed by atoms with Crippen LogP contribution in [-0.2, 0) is 15.1 Å². The van der Waals surface area contributed by atoms with Crippen molar-refractivity contribution in [1.29, 1.82) is 0 Å². The van der Waals surface area contributed by atoms with Crippen LogP contribution < -0.4 is 0 Å². The lowest BCUT2D eigenvalue weighted by molar-refractivity contribution is -0.0588. The first-order chi connectivity index (χ1) is 10.8. The topological polar surface area (TPSA) is 18.5 Å². The van der Waals surface area contributed by atoms with E-state index in [1.165, 1.54) is 0 Å². The van der Waals surface area contributed by atoms with Crippen molar-refractivity contribution in [2.45, 2.75) is 5.60 Å². The van der Waals surface area contributed by atoms with Crippen molar-refractivity contribution in [3.05, 3.63) is 71.8 Å². The summed E-state index contributed by atoms with van der Waals surface area (Å²) in [5.74, 6) is 5.02. The van der Waals surface area contributed by atoms with Crippen LogP contribution in [-0.4, -0.2) is 19.8 Å². The Balaban J connectivity index is 2.48. The molecule has 2 heteroatoms. The molecule has 0 radical (unpaired) electrons. The molecule has 0 saturated carbocycles. The second-order valence-corrected chi connectivity index (χ2v) is 4.75. The van der Waals surface area contributed by atoms with Crippen molar-refractivity contribution in [3.63, 3.8) is 0 Å². The molecule has 0 spiro atoms. The molecule has 0 atom stereocenters. The zero-order chi connectivity index (χ0) is 15.7. The van der Waals surface area contributed by atoms with Gasteiger partial charge in [-0.3, -0.25) is 0 Å². The van der Waals surface area contributed by atoms with Crippen LogP contribution in [0.1, 0.15) is 11.1 Å². The zero-order valence-corrected chi connectivity index (χ0v) is 12.4. The number of hydrogen-bond donors (Lipinski definition) is 0. The molecule has 110 valence electrons. The average molecular weight is 290 g/mol. The van der Waals surface area contributed by atoms with Crippen LogP contribution in [0.15, 0.2) is 60.7 Å². The maximum Gasteiger partial charge on any atom is 0.143 e. The molecule has 0 N–H and O–H groups in total. The molecule has 0 aromatic heterocycles. The summed E-state index contributed by atoms with van der Waals surface area (Å²) in [7, 11) is 0. The summed E-state index contributed by atoms with van der Waals surface area (Å²) in [6, 6.07) is 19.8. The number of ether oxygens (including phenoxy) is 2. The zero-order valence-electron chi connectivity index (χ0n) is 12.4. The van der Waals surface area contributed by atoms with Gasteiger partial charge in [-0.25, -0.2) is 0 Å². The fourth-order valence-electron chi connectivity index (χ4n) is 2.37. The summed E-state index contributed by atoms with van der Waals surface area (Å²) in [5.41, 5.74) is 1.19. The third-order valence-electron chi connectivity index (χ3n) is 3.37. The smallest absolute Gasteiger partial charge is 0.143 e. The number of hydrogen-bond acceptors (Lipinski definition) is 2. The molecular formula is C20H18O2. The molecule has 0 unspecified atom stereocenters. The molecule has 0 amide bonds. The van der Waals surface area contributed by atoms with Crippen LogP contribution in [0.4, 0.5) is 0 Å². The van der Waals surface area contributed by atoms with E-state index >= 15 is 0 Å². The SMILES string of the molecule is C#CCOCC(OCC#C)(c1ccccc1)c1ccccc1. The Morgan fingerprint density at radius 2 is 1.27 bits per heavy atom. The molecule has 2 aromatic carbocycles. The molecule has 2 nitrogen and oxygen atoms in total. The van der Waals surface area contributed by atoms with Crippen LogP contribution >= 0.6 is 0 Å². The fraction of sp³-hybridized carbons (Fsp3) is 0.200. The highest BCUT2D eigenvalue weighted by Crippen LogP contribution is 2.34. The van der Waals surface area contributed by atoms with Crippen molar-refractivity contribution in [2.75, 3.05) is 19.8 Å². The van der Waals surface area contributed by atoms with Crippen molar-refractivity contribution in [2.24, 2.45) is 0 Å². The van der Waals surface area contributed by atoms with Gasteiger partial charge in [-0.1, -0.05) is 72.5 Å². The molecule has 22 heavy (non-hydrogen) atoms. The van der Waals surface area contributed by atoms with Gasteiger partial charge in [-0.05, 0) is 11.1 Å². The lowest BCUT2D eigenvalue weighted by atomic mass is 9.86. The standard InChI is InChI=1S/C20H18O2/c1-3-15-21-17-20(22-16-4-2,18-11-7-5-8-12-18)19-13-9-6-10-14-19/h1-2,5-14H,15-17H2. The highest BCUT2D eigenvalue weighted by molar-refractivity contribution is 5.37. The van der Waals surface area contributed by atoms with E-state index in [9.17, 15) is 0 Å². The van der Waals surface area contributed by atoms with Crippen LogP contribution in [0, 0.1) is 24.7 Å². The van der Waals surface area contributed by atoms with Gasteiger partial charge in [-0.15, -0.1) is 12.8 Å². The lowest BCUT2D eigenvalue weighted by Crippen LogP contribution is -2.37. The third-order valence-corrected chi connectivity index (χ3v) is 3.37. The second kappa shape index (κ2) is 8.05. The quantitative estimate of drug-likeness (QED) is 0.576. The number of terminal acetylenes is 2. The number of rotatable bonds is 7. The van der Waals surface area contributed by atoms with Crippen LogP contribution in [0.2, 0.25) is 0 Å². The van der Waals surface area contributed by atoms with Crippen LogP contribution in [0.3, 0.4) is 0 Å². The number of benzene rings is 2. The predicted octanol–water partition coefficient (Wildman–Crippen LogP) is 3.23. The van der Waals surface area contributed by atoms with Crippen molar-refractivity contribution >= 4 is 0 Å². The summed E-state index contributed by atoms with van der Waals surface area (Å²) in [6.45, 7) is 0.705. The van der Waals surface area contributed by atoms with E-state index in [0.29, 0.717) is 6.61 Å². The normalized spacial score (nSPS) is 10.6. The van der Waals surface area contributed by atoms with Gasteiger partial charge in [0.15, 0.2) is 0 Å². The molecule has 0 aliphatic carbocycles. The van der Waals surface area contributed by atoms with Crippen molar-refractivity contribution in [3.8, 4) is 24.7 Å². The van der Waals surface area contributed by atoms with Gasteiger partial charge < -0.3 is 9.47 Å². The Morgan fingerprint density at radius 1 is 0.773 bits per heavy atom. The highest BCUT2D eigenvalue weighted by Gasteiger charge is 2.35. The van der Waals surface area contributed by atoms with Gasteiger partial charge >= 0.3 is 0 Å². The summed E-state index contributed by atoms with van der Waals surface area (Å²) in [5, 5.41) is 0. The summed E-state index contributed by atoms with van der Waals surface area (Å²) in [4.78, 5) is 0. The summed E-state index contributed by atoms with van der Waals surface area (Å²) < 4.78 is 11.7. The molecular weight excluding hydrogens is 272 g/mol. The van der Waals surface area contributed by atoms with E-state index in [2.05, 4.69) is 11.8 Å². The molecule has 0 heterocycles. The minimum absolute atomic E-state index is 0.184. The third kappa shape index (κ3) is 3.57. The first-order valence-corrected chi connectivity index (χ1v) is 7.03. The van der Waals surface area contributed by atoms with Crippen molar-refractivity contribution in [1.82, 2.24) is 0 Å². The fourth-order valence-corrected chi connectivity index (χ4v) is 2.37. The van der Waals surface area contributed by atoms with E-state index in [0.717, 1.165) is 11.1 Å².